The van der Waals surface area contributed by atoms with Gasteiger partial charge in [0.1, 0.15) is 0 Å². The molecular formula is C21H21N5O. The van der Waals surface area contributed by atoms with Crippen LogP contribution in [0.5, 0.6) is 0 Å². The van der Waals surface area contributed by atoms with Crippen LogP contribution in [0.25, 0.3) is 6.08 Å². The number of pyridine rings is 1. The Balaban J connectivity index is 1.33. The molecule has 6 nitrogen and oxygen atoms in total. The van der Waals surface area contributed by atoms with Crippen LogP contribution in [-0.2, 0) is 24.3 Å². The number of nitrogens with one attached hydrogen (secondary N) is 2. The predicted octanol–water partition coefficient (Wildman–Crippen LogP) is 3.01. The molecule has 1 aliphatic rings. The Morgan fingerprint density at radius 1 is 1.15 bits per heavy atom. The number of H-pyrrole nitrogens is 1. The summed E-state index contributed by atoms with van der Waals surface area (Å²) in [4.78, 5) is 18.5. The Bertz CT molecular complexity index is 934. The van der Waals surface area contributed by atoms with Gasteiger partial charge in [0, 0.05) is 43.7 Å². The summed E-state index contributed by atoms with van der Waals surface area (Å²) in [5, 5.41) is 10.2. The predicted molar refractivity (Wildman–Crippen MR) is 105 cm³/mol. The fourth-order valence-corrected chi connectivity index (χ4v) is 3.20. The number of hydrogen-bond donors (Lipinski definition) is 2. The molecule has 136 valence electrons. The molecule has 6 heteroatoms. The summed E-state index contributed by atoms with van der Waals surface area (Å²) >= 11 is 0. The number of fused-ring (bicyclic) bond motifs is 1. The third-order valence-electron chi connectivity index (χ3n) is 4.65. The normalized spacial score (nSPS) is 13.8. The summed E-state index contributed by atoms with van der Waals surface area (Å²) in [7, 11) is 0. The van der Waals surface area contributed by atoms with Crippen LogP contribution < -0.4 is 5.32 Å². The SMILES string of the molecule is O=C(C=Cc1ccncc1)Nc1n[nH]c2c1CN(CCc1ccccc1)C2. The van der Waals surface area contributed by atoms with Crippen molar-refractivity contribution < 1.29 is 4.79 Å². The molecule has 2 N–H and O–H groups in total. The maximum Gasteiger partial charge on any atom is 0.249 e. The first kappa shape index (κ1) is 17.2. The molecule has 0 fully saturated rings. The van der Waals surface area contributed by atoms with E-state index in [1.54, 1.807) is 18.5 Å². The second kappa shape index (κ2) is 7.97. The lowest BCUT2D eigenvalue weighted by Crippen LogP contribution is -2.20. The van der Waals surface area contributed by atoms with Crippen LogP contribution in [0.4, 0.5) is 5.82 Å². The largest absolute Gasteiger partial charge is 0.305 e. The lowest BCUT2D eigenvalue weighted by atomic mass is 10.1. The van der Waals surface area contributed by atoms with E-state index in [0.717, 1.165) is 42.9 Å². The Labute approximate surface area is 157 Å². The highest BCUT2D eigenvalue weighted by atomic mass is 16.1. The van der Waals surface area contributed by atoms with E-state index in [9.17, 15) is 4.79 Å². The quantitative estimate of drug-likeness (QED) is 0.664. The molecule has 0 saturated carbocycles. The van der Waals surface area contributed by atoms with E-state index in [2.05, 4.69) is 49.7 Å². The summed E-state index contributed by atoms with van der Waals surface area (Å²) in [5.41, 5.74) is 4.42. The Kier molecular flexibility index (Phi) is 5.07. The number of rotatable bonds is 6. The number of amides is 1. The molecule has 1 aromatic carbocycles. The fraction of sp³-hybridized carbons (Fsp3) is 0.190. The highest BCUT2D eigenvalue weighted by Crippen LogP contribution is 2.27. The molecule has 4 rings (SSSR count). The van der Waals surface area contributed by atoms with Gasteiger partial charge in [0.05, 0.1) is 5.69 Å². The average molecular weight is 359 g/mol. The number of carbonyl (C=O) groups is 1. The average Bonchev–Trinajstić information content (AvgIpc) is 3.28. The number of aromatic nitrogens is 3. The van der Waals surface area contributed by atoms with Gasteiger partial charge >= 0.3 is 0 Å². The molecule has 1 amide bonds. The molecule has 3 heterocycles. The van der Waals surface area contributed by atoms with Gasteiger partial charge in [0.2, 0.25) is 5.91 Å². The minimum absolute atomic E-state index is 0.191. The molecule has 2 aromatic heterocycles. The molecule has 1 aliphatic heterocycles. The molecule has 27 heavy (non-hydrogen) atoms. The zero-order valence-electron chi connectivity index (χ0n) is 14.9. The smallest absolute Gasteiger partial charge is 0.249 e. The highest BCUT2D eigenvalue weighted by Gasteiger charge is 2.25. The van der Waals surface area contributed by atoms with Crippen molar-refractivity contribution >= 4 is 17.8 Å². The Morgan fingerprint density at radius 2 is 1.96 bits per heavy atom. The molecule has 0 atom stereocenters. The van der Waals surface area contributed by atoms with Crippen LogP contribution >= 0.6 is 0 Å². The number of aromatic amines is 1. The van der Waals surface area contributed by atoms with Crippen molar-refractivity contribution in [2.45, 2.75) is 19.5 Å². The van der Waals surface area contributed by atoms with Crippen LogP contribution in [0, 0.1) is 0 Å². The number of anilines is 1. The van der Waals surface area contributed by atoms with E-state index >= 15 is 0 Å². The third kappa shape index (κ3) is 4.30. The van der Waals surface area contributed by atoms with E-state index in [0.29, 0.717) is 5.82 Å². The zero-order chi connectivity index (χ0) is 18.5. The van der Waals surface area contributed by atoms with Gasteiger partial charge < -0.3 is 5.32 Å². The topological polar surface area (TPSA) is 73.9 Å². The maximum atomic E-state index is 12.2. The molecule has 3 aromatic rings. The standard InChI is InChI=1S/C21H21N5O/c27-20(7-6-17-8-11-22-12-9-17)23-21-18-14-26(15-19(18)24-25-21)13-10-16-4-2-1-3-5-16/h1-9,11-12H,10,13-15H2,(H2,23,24,25,27). The first-order valence-corrected chi connectivity index (χ1v) is 8.99. The molecule has 0 aliphatic carbocycles. The van der Waals surface area contributed by atoms with E-state index < -0.39 is 0 Å². The van der Waals surface area contributed by atoms with Crippen LogP contribution in [0.15, 0.2) is 60.9 Å². The molecule has 0 bridgehead atoms. The van der Waals surface area contributed by atoms with Crippen LogP contribution in [0.2, 0.25) is 0 Å². The number of carbonyl (C=O) groups excluding carboxylic acids is 1. The van der Waals surface area contributed by atoms with Crippen molar-refractivity contribution in [3.63, 3.8) is 0 Å². The highest BCUT2D eigenvalue weighted by molar-refractivity contribution is 6.01. The summed E-state index contributed by atoms with van der Waals surface area (Å²) in [6.45, 7) is 2.60. The molecular weight excluding hydrogens is 338 g/mol. The summed E-state index contributed by atoms with van der Waals surface area (Å²) in [5.74, 6) is 0.431. The van der Waals surface area contributed by atoms with Crippen molar-refractivity contribution in [1.82, 2.24) is 20.1 Å². The number of hydrogen-bond acceptors (Lipinski definition) is 4. The first-order valence-electron chi connectivity index (χ1n) is 8.99. The maximum absolute atomic E-state index is 12.2. The monoisotopic (exact) mass is 359 g/mol. The van der Waals surface area contributed by atoms with Crippen LogP contribution in [-0.4, -0.2) is 32.5 Å². The molecule has 0 unspecified atom stereocenters. The summed E-state index contributed by atoms with van der Waals surface area (Å²) < 4.78 is 0. The van der Waals surface area contributed by atoms with Gasteiger partial charge in [-0.3, -0.25) is 19.8 Å². The van der Waals surface area contributed by atoms with Crippen molar-refractivity contribution in [3.05, 3.63) is 83.3 Å². The van der Waals surface area contributed by atoms with Crippen LogP contribution in [0.3, 0.4) is 0 Å². The van der Waals surface area contributed by atoms with Gasteiger partial charge in [0.25, 0.3) is 0 Å². The van der Waals surface area contributed by atoms with E-state index in [1.807, 2.05) is 18.2 Å². The fourth-order valence-electron chi connectivity index (χ4n) is 3.20. The minimum atomic E-state index is -0.191. The van der Waals surface area contributed by atoms with Crippen LogP contribution in [0.1, 0.15) is 22.4 Å². The summed E-state index contributed by atoms with van der Waals surface area (Å²) in [6, 6.07) is 14.2. The van der Waals surface area contributed by atoms with E-state index in [4.69, 9.17) is 0 Å². The van der Waals surface area contributed by atoms with Gasteiger partial charge in [-0.1, -0.05) is 30.3 Å². The Morgan fingerprint density at radius 3 is 2.78 bits per heavy atom. The van der Waals surface area contributed by atoms with Crippen molar-refractivity contribution in [2.75, 3.05) is 11.9 Å². The van der Waals surface area contributed by atoms with Gasteiger partial charge in [-0.05, 0) is 35.8 Å². The Hall–Kier alpha value is -3.25. The second-order valence-corrected chi connectivity index (χ2v) is 6.58. The molecule has 0 radical (unpaired) electrons. The van der Waals surface area contributed by atoms with Crippen molar-refractivity contribution in [1.29, 1.82) is 0 Å². The van der Waals surface area contributed by atoms with E-state index in [-0.39, 0.29) is 5.91 Å². The number of nitrogens with zero attached hydrogens (tertiary/aromatic N) is 3. The zero-order valence-corrected chi connectivity index (χ0v) is 14.9. The summed E-state index contributed by atoms with van der Waals surface area (Å²) in [6.07, 6.45) is 7.67. The third-order valence-corrected chi connectivity index (χ3v) is 4.65. The van der Waals surface area contributed by atoms with Gasteiger partial charge in [-0.25, -0.2) is 0 Å². The van der Waals surface area contributed by atoms with Gasteiger partial charge in [-0.15, -0.1) is 0 Å². The minimum Gasteiger partial charge on any atom is -0.305 e. The molecule has 0 spiro atoms. The lowest BCUT2D eigenvalue weighted by molar-refractivity contribution is -0.111. The second-order valence-electron chi connectivity index (χ2n) is 6.58. The molecule has 0 saturated heterocycles. The van der Waals surface area contributed by atoms with Crippen molar-refractivity contribution in [3.8, 4) is 0 Å². The van der Waals surface area contributed by atoms with Gasteiger partial charge in [0.15, 0.2) is 5.82 Å². The lowest BCUT2D eigenvalue weighted by Gasteiger charge is -2.15. The van der Waals surface area contributed by atoms with Gasteiger partial charge in [-0.2, -0.15) is 5.10 Å². The van der Waals surface area contributed by atoms with Crippen molar-refractivity contribution in [2.24, 2.45) is 0 Å². The van der Waals surface area contributed by atoms with E-state index in [1.165, 1.54) is 11.6 Å². The first-order chi connectivity index (χ1) is 13.3. The number of benzene rings is 1.